The lowest BCUT2D eigenvalue weighted by atomic mass is 10.00. The van der Waals surface area contributed by atoms with Crippen LogP contribution in [-0.2, 0) is 14.3 Å². The summed E-state index contributed by atoms with van der Waals surface area (Å²) in [6.07, 6.45) is 10.9. The van der Waals surface area contributed by atoms with Crippen molar-refractivity contribution in [3.8, 4) is 12.3 Å². The molecule has 0 aliphatic heterocycles. The van der Waals surface area contributed by atoms with Gasteiger partial charge in [0.05, 0.1) is 0 Å². The van der Waals surface area contributed by atoms with Crippen LogP contribution in [-0.4, -0.2) is 46.7 Å². The molecular weight excluding hydrogens is 546 g/mol. The van der Waals surface area contributed by atoms with Gasteiger partial charge < -0.3 is 20.3 Å². The molecule has 2 rings (SSSR count). The van der Waals surface area contributed by atoms with E-state index >= 15 is 0 Å². The van der Waals surface area contributed by atoms with Crippen molar-refractivity contribution in [2.24, 2.45) is 0 Å². The van der Waals surface area contributed by atoms with Crippen molar-refractivity contribution in [3.63, 3.8) is 0 Å². The Morgan fingerprint density at radius 2 is 1.57 bits per heavy atom. The van der Waals surface area contributed by atoms with Gasteiger partial charge in [0.15, 0.2) is 0 Å². The number of thiol groups is 1. The number of benzene rings is 2. The first-order valence-corrected chi connectivity index (χ1v) is 15.4. The van der Waals surface area contributed by atoms with Crippen molar-refractivity contribution in [3.05, 3.63) is 64.7 Å². The number of aryl methyl sites for hydroxylation is 2. The lowest BCUT2D eigenvalue weighted by Crippen LogP contribution is -2.53. The van der Waals surface area contributed by atoms with E-state index in [0.29, 0.717) is 29.8 Å². The summed E-state index contributed by atoms with van der Waals surface area (Å²) in [4.78, 5) is 42.5. The second-order valence-corrected chi connectivity index (χ2v) is 12.0. The Kier molecular flexibility index (Phi) is 14.0. The smallest absolute Gasteiger partial charge is 0.408 e. The van der Waals surface area contributed by atoms with Gasteiger partial charge in [-0.25, -0.2) is 4.79 Å². The van der Waals surface area contributed by atoms with E-state index in [9.17, 15) is 14.4 Å². The Bertz CT molecular complexity index is 1210. The standard InChI is InChI=1S/C34H47N3O4S/c1-8-10-11-12-13-14-22-37(32(39)28(23-42)35-33(40)41-34(5,6)7)30(27-20-18-26(9-2)19-21-27)31(38)36-29-24(3)16-15-17-25(29)4/h2,15-21,28,30,42H,8,10-14,22-23H2,1,3-7H3,(H,35,40)(H,36,38). The average molecular weight is 594 g/mol. The maximum absolute atomic E-state index is 14.2. The van der Waals surface area contributed by atoms with E-state index in [2.05, 4.69) is 36.1 Å². The van der Waals surface area contributed by atoms with E-state index in [0.717, 1.165) is 43.2 Å². The molecule has 0 bridgehead atoms. The molecule has 228 valence electrons. The largest absolute Gasteiger partial charge is 0.444 e. The average Bonchev–Trinajstić information content (AvgIpc) is 2.93. The van der Waals surface area contributed by atoms with E-state index in [1.165, 1.54) is 0 Å². The number of hydrogen-bond donors (Lipinski definition) is 3. The number of terminal acetylenes is 1. The summed E-state index contributed by atoms with van der Waals surface area (Å²) in [5.74, 6) is 1.88. The Balaban J connectivity index is 2.51. The number of para-hydroxylation sites is 1. The molecule has 0 aliphatic rings. The maximum atomic E-state index is 14.2. The number of carbonyl (C=O) groups is 3. The summed E-state index contributed by atoms with van der Waals surface area (Å²) in [5, 5.41) is 5.75. The molecule has 2 atom stereocenters. The van der Waals surface area contributed by atoms with Crippen molar-refractivity contribution < 1.29 is 19.1 Å². The molecular formula is C34H47N3O4S. The van der Waals surface area contributed by atoms with Crippen LogP contribution in [0.5, 0.6) is 0 Å². The number of alkyl carbamates (subject to hydrolysis) is 1. The molecule has 2 N–H and O–H groups in total. The molecule has 0 saturated carbocycles. The van der Waals surface area contributed by atoms with Crippen LogP contribution >= 0.6 is 12.6 Å². The Morgan fingerprint density at radius 1 is 0.976 bits per heavy atom. The predicted molar refractivity (Wildman–Crippen MR) is 174 cm³/mol. The maximum Gasteiger partial charge on any atom is 0.408 e. The van der Waals surface area contributed by atoms with Gasteiger partial charge in [-0.15, -0.1) is 6.42 Å². The molecule has 0 aliphatic carbocycles. The molecule has 2 aromatic carbocycles. The van der Waals surface area contributed by atoms with Gasteiger partial charge in [-0.1, -0.05) is 75.3 Å². The normalized spacial score (nSPS) is 12.5. The summed E-state index contributed by atoms with van der Waals surface area (Å²) in [5.41, 5.74) is 3.08. The summed E-state index contributed by atoms with van der Waals surface area (Å²) >= 11 is 4.38. The van der Waals surface area contributed by atoms with Crippen molar-refractivity contribution in [2.75, 3.05) is 17.6 Å². The molecule has 0 radical (unpaired) electrons. The number of anilines is 1. The zero-order valence-electron chi connectivity index (χ0n) is 26.0. The number of carbonyl (C=O) groups excluding carboxylic acids is 3. The molecule has 0 aromatic heterocycles. The molecule has 8 heteroatoms. The predicted octanol–water partition coefficient (Wildman–Crippen LogP) is 6.98. The van der Waals surface area contributed by atoms with E-state index in [4.69, 9.17) is 11.2 Å². The van der Waals surface area contributed by atoms with Gasteiger partial charge in [0.25, 0.3) is 5.91 Å². The van der Waals surface area contributed by atoms with E-state index in [1.807, 2.05) is 32.0 Å². The number of unbranched alkanes of at least 4 members (excludes halogenated alkanes) is 5. The summed E-state index contributed by atoms with van der Waals surface area (Å²) in [6, 6.07) is 10.9. The molecule has 0 spiro atoms. The third-order valence-electron chi connectivity index (χ3n) is 6.89. The van der Waals surface area contributed by atoms with Crippen LogP contribution in [0.25, 0.3) is 0 Å². The minimum absolute atomic E-state index is 0.0341. The van der Waals surface area contributed by atoms with Crippen LogP contribution in [0.3, 0.4) is 0 Å². The summed E-state index contributed by atoms with van der Waals surface area (Å²) in [6.45, 7) is 11.6. The van der Waals surface area contributed by atoms with Crippen molar-refractivity contribution in [1.82, 2.24) is 10.2 Å². The molecule has 42 heavy (non-hydrogen) atoms. The number of nitrogens with zero attached hydrogens (tertiary/aromatic N) is 1. The highest BCUT2D eigenvalue weighted by Gasteiger charge is 2.36. The van der Waals surface area contributed by atoms with Gasteiger partial charge in [-0.3, -0.25) is 9.59 Å². The molecule has 2 unspecified atom stereocenters. The van der Waals surface area contributed by atoms with Gasteiger partial charge >= 0.3 is 6.09 Å². The van der Waals surface area contributed by atoms with Gasteiger partial charge in [0.1, 0.15) is 17.7 Å². The first-order chi connectivity index (χ1) is 19.9. The van der Waals surface area contributed by atoms with Crippen molar-refractivity contribution in [1.29, 1.82) is 0 Å². The summed E-state index contributed by atoms with van der Waals surface area (Å²) in [7, 11) is 0. The van der Waals surface area contributed by atoms with Crippen LogP contribution in [0.15, 0.2) is 42.5 Å². The molecule has 0 heterocycles. The third kappa shape index (κ3) is 10.8. The Hall–Kier alpha value is -3.44. The van der Waals surface area contributed by atoms with Gasteiger partial charge in [0.2, 0.25) is 5.91 Å². The number of ether oxygens (including phenoxy) is 1. The van der Waals surface area contributed by atoms with Crippen molar-refractivity contribution >= 4 is 36.2 Å². The minimum atomic E-state index is -0.997. The van der Waals surface area contributed by atoms with E-state index < -0.39 is 29.7 Å². The third-order valence-corrected chi connectivity index (χ3v) is 7.25. The quantitative estimate of drug-likeness (QED) is 0.125. The lowest BCUT2D eigenvalue weighted by Gasteiger charge is -2.34. The highest BCUT2D eigenvalue weighted by atomic mass is 32.1. The van der Waals surface area contributed by atoms with E-state index in [1.54, 1.807) is 49.9 Å². The van der Waals surface area contributed by atoms with Gasteiger partial charge in [0, 0.05) is 23.5 Å². The van der Waals surface area contributed by atoms with Gasteiger partial charge in [-0.2, -0.15) is 12.6 Å². The molecule has 2 aromatic rings. The summed E-state index contributed by atoms with van der Waals surface area (Å²) < 4.78 is 5.41. The second kappa shape index (κ2) is 16.9. The molecule has 3 amide bonds. The highest BCUT2D eigenvalue weighted by Crippen LogP contribution is 2.28. The van der Waals surface area contributed by atoms with Crippen LogP contribution < -0.4 is 10.6 Å². The fraction of sp³-hybridized carbons (Fsp3) is 0.500. The Labute approximate surface area is 257 Å². The fourth-order valence-corrected chi connectivity index (χ4v) is 4.95. The number of nitrogens with one attached hydrogen (secondary N) is 2. The number of hydrogen-bond acceptors (Lipinski definition) is 5. The molecule has 0 saturated heterocycles. The zero-order valence-corrected chi connectivity index (χ0v) is 26.9. The lowest BCUT2D eigenvalue weighted by molar-refractivity contribution is -0.140. The fourth-order valence-electron chi connectivity index (χ4n) is 4.70. The van der Waals surface area contributed by atoms with Gasteiger partial charge in [-0.05, 0) is 69.9 Å². The van der Waals surface area contributed by atoms with Crippen molar-refractivity contribution in [2.45, 2.75) is 97.8 Å². The zero-order chi connectivity index (χ0) is 31.3. The number of amides is 3. The van der Waals surface area contributed by atoms with Crippen LogP contribution in [0.1, 0.15) is 94.5 Å². The van der Waals surface area contributed by atoms with Crippen LogP contribution in [0.4, 0.5) is 10.5 Å². The first-order valence-electron chi connectivity index (χ1n) is 14.8. The number of rotatable bonds is 14. The Morgan fingerprint density at radius 3 is 2.12 bits per heavy atom. The molecule has 7 nitrogen and oxygen atoms in total. The SMILES string of the molecule is C#Cc1ccc(C(C(=O)Nc2c(C)cccc2C)N(CCCCCCCC)C(=O)C(CS)NC(=O)OC(C)(C)C)cc1. The van der Waals surface area contributed by atoms with Crippen LogP contribution in [0.2, 0.25) is 0 Å². The molecule has 0 fully saturated rings. The first kappa shape index (κ1) is 34.8. The van der Waals surface area contributed by atoms with E-state index in [-0.39, 0.29) is 11.7 Å². The topological polar surface area (TPSA) is 87.7 Å². The second-order valence-electron chi connectivity index (χ2n) is 11.6. The minimum Gasteiger partial charge on any atom is -0.444 e. The monoisotopic (exact) mass is 593 g/mol. The highest BCUT2D eigenvalue weighted by molar-refractivity contribution is 7.80. The van der Waals surface area contributed by atoms with Crippen LogP contribution in [0, 0.1) is 26.2 Å².